The summed E-state index contributed by atoms with van der Waals surface area (Å²) < 4.78 is 0. The number of rotatable bonds is 3. The zero-order valence-electron chi connectivity index (χ0n) is 16.1. The van der Waals surface area contributed by atoms with Crippen molar-refractivity contribution in [3.8, 4) is 0 Å². The number of nitrogens with one attached hydrogen (secondary N) is 2. The van der Waals surface area contributed by atoms with E-state index in [1.807, 2.05) is 40.1 Å². The molecule has 0 spiro atoms. The number of amides is 2. The molecule has 3 heterocycles. The SMILES string of the molecule is CC(=O)N1C[C@H]2CN(C(=O)Cc3c[nH][nH]c3=O)C[C@H]2[C@@H]1c1ccccc1.O=CO. The summed E-state index contributed by atoms with van der Waals surface area (Å²) in [6.45, 7) is 3.29. The number of aromatic amines is 2. The van der Waals surface area contributed by atoms with E-state index in [0.29, 0.717) is 25.2 Å². The predicted molar refractivity (Wildman–Crippen MR) is 104 cm³/mol. The third kappa shape index (κ3) is 4.23. The van der Waals surface area contributed by atoms with Crippen LogP contribution in [0.25, 0.3) is 0 Å². The molecule has 4 rings (SSSR count). The second kappa shape index (κ2) is 8.76. The molecule has 0 radical (unpaired) electrons. The summed E-state index contributed by atoms with van der Waals surface area (Å²) >= 11 is 0. The van der Waals surface area contributed by atoms with Gasteiger partial charge in [-0.15, -0.1) is 0 Å². The maximum absolute atomic E-state index is 12.6. The smallest absolute Gasteiger partial charge is 0.290 e. The van der Waals surface area contributed by atoms with Crippen molar-refractivity contribution in [1.82, 2.24) is 20.0 Å². The molecule has 154 valence electrons. The lowest BCUT2D eigenvalue weighted by Gasteiger charge is -2.29. The molecule has 0 bridgehead atoms. The number of likely N-dealkylation sites (tertiary alicyclic amines) is 2. The molecule has 2 amide bonds. The standard InChI is InChI=1S/C19H22N4O3.CH2O2/c1-12(24)23-10-15-9-22(17(25)7-14-8-20-21-19(14)26)11-16(15)18(23)13-5-3-2-4-6-13;2-1-3/h2-6,8,15-16,18H,7,9-11H2,1H3,(H2,20,21,26);1H,(H,2,3)/t15-,16-,18+;/m1./s1. The normalized spacial score (nSPS) is 22.6. The van der Waals surface area contributed by atoms with Crippen LogP contribution in [0, 0.1) is 11.8 Å². The Morgan fingerprint density at radius 1 is 1.21 bits per heavy atom. The van der Waals surface area contributed by atoms with Crippen LogP contribution >= 0.6 is 0 Å². The second-order valence-electron chi connectivity index (χ2n) is 7.30. The highest BCUT2D eigenvalue weighted by atomic mass is 16.3. The monoisotopic (exact) mass is 400 g/mol. The van der Waals surface area contributed by atoms with Crippen molar-refractivity contribution in [2.75, 3.05) is 19.6 Å². The van der Waals surface area contributed by atoms with Crippen LogP contribution in [0.3, 0.4) is 0 Å². The molecule has 0 unspecified atom stereocenters. The highest BCUT2D eigenvalue weighted by molar-refractivity contribution is 5.79. The molecule has 2 aromatic rings. The van der Waals surface area contributed by atoms with Crippen molar-refractivity contribution >= 4 is 18.3 Å². The fraction of sp³-hybridized carbons (Fsp3) is 0.400. The first kappa shape index (κ1) is 20.4. The van der Waals surface area contributed by atoms with Crippen molar-refractivity contribution in [2.45, 2.75) is 19.4 Å². The van der Waals surface area contributed by atoms with Gasteiger partial charge >= 0.3 is 0 Å². The van der Waals surface area contributed by atoms with Gasteiger partial charge in [0.05, 0.1) is 12.5 Å². The van der Waals surface area contributed by atoms with Crippen molar-refractivity contribution in [3.05, 3.63) is 58.0 Å². The number of aromatic nitrogens is 2. The minimum absolute atomic E-state index is 0.00663. The molecule has 9 heteroatoms. The molecule has 0 aliphatic carbocycles. The van der Waals surface area contributed by atoms with Gasteiger partial charge < -0.3 is 20.0 Å². The Labute approximate surface area is 167 Å². The van der Waals surface area contributed by atoms with Crippen molar-refractivity contribution in [1.29, 1.82) is 0 Å². The average molecular weight is 400 g/mol. The Morgan fingerprint density at radius 2 is 1.90 bits per heavy atom. The van der Waals surface area contributed by atoms with Crippen LogP contribution in [-0.2, 0) is 20.8 Å². The van der Waals surface area contributed by atoms with Gasteiger partial charge in [0, 0.05) is 50.2 Å². The van der Waals surface area contributed by atoms with Crippen LogP contribution < -0.4 is 5.56 Å². The third-order valence-corrected chi connectivity index (χ3v) is 5.63. The molecule has 2 saturated heterocycles. The van der Waals surface area contributed by atoms with Crippen LogP contribution in [-0.4, -0.2) is 63.0 Å². The first-order chi connectivity index (χ1) is 14.0. The predicted octanol–water partition coefficient (Wildman–Crippen LogP) is 0.624. The molecule has 1 aromatic heterocycles. The molecule has 2 fully saturated rings. The van der Waals surface area contributed by atoms with Gasteiger partial charge in [0.1, 0.15) is 0 Å². The van der Waals surface area contributed by atoms with Gasteiger partial charge in [-0.05, 0) is 5.56 Å². The molecule has 9 nitrogen and oxygen atoms in total. The molecule has 3 atom stereocenters. The Bertz CT molecular complexity index is 922. The maximum atomic E-state index is 12.6. The number of H-pyrrole nitrogens is 2. The second-order valence-corrected chi connectivity index (χ2v) is 7.30. The number of fused-ring (bicyclic) bond motifs is 1. The van der Waals surface area contributed by atoms with Gasteiger partial charge in [-0.25, -0.2) is 0 Å². The van der Waals surface area contributed by atoms with Crippen LogP contribution in [0.2, 0.25) is 0 Å². The van der Waals surface area contributed by atoms with E-state index in [1.165, 1.54) is 0 Å². The quantitative estimate of drug-likeness (QED) is 0.651. The average Bonchev–Trinajstić information content (AvgIpc) is 3.37. The minimum atomic E-state index is -0.250. The van der Waals surface area contributed by atoms with Crippen LogP contribution in [0.15, 0.2) is 41.3 Å². The lowest BCUT2D eigenvalue weighted by molar-refractivity contribution is -0.131. The van der Waals surface area contributed by atoms with E-state index in [4.69, 9.17) is 9.90 Å². The van der Waals surface area contributed by atoms with Gasteiger partial charge in [-0.1, -0.05) is 30.3 Å². The number of nitrogens with zero attached hydrogens (tertiary/aromatic N) is 2. The maximum Gasteiger partial charge on any atom is 0.290 e. The molecule has 0 saturated carbocycles. The van der Waals surface area contributed by atoms with Gasteiger partial charge in [0.2, 0.25) is 11.8 Å². The number of hydrogen-bond donors (Lipinski definition) is 3. The van der Waals surface area contributed by atoms with E-state index in [-0.39, 0.29) is 48.1 Å². The van der Waals surface area contributed by atoms with Crippen LogP contribution in [0.1, 0.15) is 24.1 Å². The minimum Gasteiger partial charge on any atom is -0.483 e. The zero-order chi connectivity index (χ0) is 21.0. The molecular weight excluding hydrogens is 376 g/mol. The van der Waals surface area contributed by atoms with Crippen molar-refractivity contribution < 1.29 is 19.5 Å². The lowest BCUT2D eigenvalue weighted by Crippen LogP contribution is -2.37. The van der Waals surface area contributed by atoms with Crippen LogP contribution in [0.5, 0.6) is 0 Å². The summed E-state index contributed by atoms with van der Waals surface area (Å²) in [6, 6.07) is 10.0. The van der Waals surface area contributed by atoms with Gasteiger partial charge in [0.15, 0.2) is 0 Å². The van der Waals surface area contributed by atoms with Crippen LogP contribution in [0.4, 0.5) is 0 Å². The van der Waals surface area contributed by atoms with E-state index in [1.54, 1.807) is 13.1 Å². The Morgan fingerprint density at radius 3 is 2.48 bits per heavy atom. The van der Waals surface area contributed by atoms with Gasteiger partial charge in [0.25, 0.3) is 12.0 Å². The van der Waals surface area contributed by atoms with Gasteiger partial charge in [-0.3, -0.25) is 24.3 Å². The van der Waals surface area contributed by atoms with E-state index < -0.39 is 0 Å². The van der Waals surface area contributed by atoms with Gasteiger partial charge in [-0.2, -0.15) is 0 Å². The largest absolute Gasteiger partial charge is 0.483 e. The summed E-state index contributed by atoms with van der Waals surface area (Å²) in [4.78, 5) is 48.5. The summed E-state index contributed by atoms with van der Waals surface area (Å²) in [5.41, 5.74) is 1.33. The summed E-state index contributed by atoms with van der Waals surface area (Å²) in [6.07, 6.45) is 1.64. The molecular formula is C20H24N4O5. The number of carbonyl (C=O) groups is 3. The Balaban J connectivity index is 0.000000755. The van der Waals surface area contributed by atoms with Crippen molar-refractivity contribution in [3.63, 3.8) is 0 Å². The zero-order valence-corrected chi connectivity index (χ0v) is 16.1. The highest BCUT2D eigenvalue weighted by Crippen LogP contribution is 2.44. The Kier molecular flexibility index (Phi) is 6.16. The van der Waals surface area contributed by atoms with E-state index >= 15 is 0 Å². The van der Waals surface area contributed by atoms with E-state index in [2.05, 4.69) is 10.2 Å². The first-order valence-corrected chi connectivity index (χ1v) is 9.39. The highest BCUT2D eigenvalue weighted by Gasteiger charge is 2.49. The topological polar surface area (TPSA) is 127 Å². The summed E-state index contributed by atoms with van der Waals surface area (Å²) in [5, 5.41) is 12.0. The van der Waals surface area contributed by atoms with E-state index in [0.717, 1.165) is 5.56 Å². The molecule has 2 aliphatic heterocycles. The van der Waals surface area contributed by atoms with Crippen molar-refractivity contribution in [2.24, 2.45) is 11.8 Å². The number of hydrogen-bond acceptors (Lipinski definition) is 4. The summed E-state index contributed by atoms with van der Waals surface area (Å²) in [7, 11) is 0. The molecule has 2 aliphatic rings. The molecule has 29 heavy (non-hydrogen) atoms. The Hall–Kier alpha value is -3.36. The molecule has 1 aromatic carbocycles. The first-order valence-electron chi connectivity index (χ1n) is 9.39. The van der Waals surface area contributed by atoms with E-state index in [9.17, 15) is 14.4 Å². The summed E-state index contributed by atoms with van der Waals surface area (Å²) in [5.74, 6) is 0.544. The fourth-order valence-corrected chi connectivity index (χ4v) is 4.39. The lowest BCUT2D eigenvalue weighted by atomic mass is 9.89. The third-order valence-electron chi connectivity index (χ3n) is 5.63. The number of carboxylic acid groups (broad SMARTS) is 1. The number of benzene rings is 1. The number of carbonyl (C=O) groups excluding carboxylic acids is 2. The fourth-order valence-electron chi connectivity index (χ4n) is 4.39. The molecule has 3 N–H and O–H groups in total.